The molecule has 29 heavy (non-hydrogen) atoms. The van der Waals surface area contributed by atoms with E-state index < -0.39 is 0 Å². The van der Waals surface area contributed by atoms with Gasteiger partial charge >= 0.3 is 0 Å². The Bertz CT molecular complexity index is 953. The van der Waals surface area contributed by atoms with Gasteiger partial charge in [-0.3, -0.25) is 4.79 Å². The minimum atomic E-state index is -0.0316. The second-order valence-electron chi connectivity index (χ2n) is 7.11. The summed E-state index contributed by atoms with van der Waals surface area (Å²) in [5, 5.41) is 3.20. The van der Waals surface area contributed by atoms with Crippen molar-refractivity contribution in [3.63, 3.8) is 0 Å². The van der Waals surface area contributed by atoms with E-state index in [-0.39, 0.29) is 5.91 Å². The minimum Gasteiger partial charge on any atom is -0.353 e. The Balaban J connectivity index is 1.31. The van der Waals surface area contributed by atoms with E-state index in [0.717, 1.165) is 18.9 Å². The molecule has 7 nitrogen and oxygen atoms in total. The van der Waals surface area contributed by atoms with Crippen molar-refractivity contribution in [1.82, 2.24) is 19.9 Å². The summed E-state index contributed by atoms with van der Waals surface area (Å²) in [5.41, 5.74) is 2.89. The Morgan fingerprint density at radius 2 is 1.79 bits per heavy atom. The third-order valence-electron chi connectivity index (χ3n) is 4.97. The van der Waals surface area contributed by atoms with Crippen LogP contribution in [0.4, 0.5) is 11.8 Å². The minimum absolute atomic E-state index is 0.0316. The number of benzene rings is 1. The quantitative estimate of drug-likeness (QED) is 0.724. The fourth-order valence-corrected chi connectivity index (χ4v) is 3.40. The average Bonchev–Trinajstić information content (AvgIpc) is 2.78. The SMILES string of the molecule is Cc1cccc(CNc2ncc(C(=O)N3CCN(c4ccccn4)CC3)cn2)c1. The van der Waals surface area contributed by atoms with Crippen LogP contribution in [0.2, 0.25) is 0 Å². The molecule has 0 bridgehead atoms. The second kappa shape index (κ2) is 8.68. The average molecular weight is 388 g/mol. The Hall–Kier alpha value is -3.48. The van der Waals surface area contributed by atoms with Crippen molar-refractivity contribution in [2.45, 2.75) is 13.5 Å². The molecule has 1 saturated heterocycles. The van der Waals surface area contributed by atoms with E-state index in [1.165, 1.54) is 11.1 Å². The topological polar surface area (TPSA) is 74.2 Å². The number of hydrogen-bond donors (Lipinski definition) is 1. The molecule has 1 aromatic carbocycles. The first-order valence-corrected chi connectivity index (χ1v) is 9.76. The standard InChI is InChI=1S/C22H24N6O/c1-17-5-4-6-18(13-17)14-24-22-25-15-19(16-26-22)21(29)28-11-9-27(10-12-28)20-7-2-3-8-23-20/h2-8,13,15-16H,9-12,14H2,1H3,(H,24,25,26). The number of pyridine rings is 1. The third kappa shape index (κ3) is 4.68. The van der Waals surface area contributed by atoms with Gasteiger partial charge in [0, 0.05) is 51.3 Å². The van der Waals surface area contributed by atoms with Crippen LogP contribution in [-0.2, 0) is 6.54 Å². The summed E-state index contributed by atoms with van der Waals surface area (Å²) in [6.07, 6.45) is 4.98. The van der Waals surface area contributed by atoms with Crippen LogP contribution >= 0.6 is 0 Å². The number of aryl methyl sites for hydroxylation is 1. The molecule has 3 aromatic rings. The van der Waals surface area contributed by atoms with E-state index in [0.29, 0.717) is 31.1 Å². The monoisotopic (exact) mass is 388 g/mol. The van der Waals surface area contributed by atoms with Crippen LogP contribution in [0.25, 0.3) is 0 Å². The van der Waals surface area contributed by atoms with Crippen LogP contribution in [0.5, 0.6) is 0 Å². The highest BCUT2D eigenvalue weighted by Gasteiger charge is 2.23. The lowest BCUT2D eigenvalue weighted by molar-refractivity contribution is 0.0745. The number of hydrogen-bond acceptors (Lipinski definition) is 6. The number of aromatic nitrogens is 3. The molecule has 1 aliphatic heterocycles. The molecule has 4 rings (SSSR count). The number of nitrogens with zero attached hydrogens (tertiary/aromatic N) is 5. The largest absolute Gasteiger partial charge is 0.353 e. The van der Waals surface area contributed by atoms with Crippen molar-refractivity contribution in [3.05, 3.63) is 77.7 Å². The number of carbonyl (C=O) groups excluding carboxylic acids is 1. The molecule has 0 spiro atoms. The van der Waals surface area contributed by atoms with E-state index in [4.69, 9.17) is 0 Å². The Labute approximate surface area is 170 Å². The smallest absolute Gasteiger partial charge is 0.257 e. The number of amides is 1. The molecule has 2 aromatic heterocycles. The number of anilines is 2. The van der Waals surface area contributed by atoms with Gasteiger partial charge in [0.25, 0.3) is 5.91 Å². The highest BCUT2D eigenvalue weighted by Crippen LogP contribution is 2.14. The summed E-state index contributed by atoms with van der Waals surface area (Å²) in [5.74, 6) is 1.44. The summed E-state index contributed by atoms with van der Waals surface area (Å²) >= 11 is 0. The molecule has 3 heterocycles. The van der Waals surface area contributed by atoms with Gasteiger partial charge in [-0.1, -0.05) is 35.9 Å². The van der Waals surface area contributed by atoms with E-state index in [9.17, 15) is 4.79 Å². The molecule has 0 saturated carbocycles. The van der Waals surface area contributed by atoms with Crippen LogP contribution < -0.4 is 10.2 Å². The molecule has 7 heteroatoms. The van der Waals surface area contributed by atoms with Crippen LogP contribution in [0.15, 0.2) is 61.1 Å². The van der Waals surface area contributed by atoms with Gasteiger partial charge in [0.05, 0.1) is 5.56 Å². The Morgan fingerprint density at radius 1 is 1.00 bits per heavy atom. The first kappa shape index (κ1) is 18.9. The summed E-state index contributed by atoms with van der Waals surface area (Å²) in [7, 11) is 0. The van der Waals surface area contributed by atoms with Gasteiger partial charge in [-0.15, -0.1) is 0 Å². The first-order valence-electron chi connectivity index (χ1n) is 9.76. The van der Waals surface area contributed by atoms with Gasteiger partial charge < -0.3 is 15.1 Å². The molecule has 1 fully saturated rings. The molecular weight excluding hydrogens is 364 g/mol. The lowest BCUT2D eigenvalue weighted by atomic mass is 10.1. The molecular formula is C22H24N6O. The molecule has 1 amide bonds. The van der Waals surface area contributed by atoms with Gasteiger partial charge in [0.15, 0.2) is 0 Å². The van der Waals surface area contributed by atoms with Gasteiger partial charge in [0.2, 0.25) is 5.95 Å². The fraction of sp³-hybridized carbons (Fsp3) is 0.273. The van der Waals surface area contributed by atoms with Crippen molar-refractivity contribution < 1.29 is 4.79 Å². The van der Waals surface area contributed by atoms with Gasteiger partial charge in [-0.25, -0.2) is 15.0 Å². The van der Waals surface area contributed by atoms with E-state index >= 15 is 0 Å². The van der Waals surface area contributed by atoms with E-state index in [2.05, 4.69) is 50.3 Å². The molecule has 0 unspecified atom stereocenters. The van der Waals surface area contributed by atoms with Crippen molar-refractivity contribution >= 4 is 17.7 Å². The number of rotatable bonds is 5. The fourth-order valence-electron chi connectivity index (χ4n) is 3.40. The predicted octanol–water partition coefficient (Wildman–Crippen LogP) is 2.75. The zero-order valence-corrected chi connectivity index (χ0v) is 16.5. The van der Waals surface area contributed by atoms with Crippen LogP contribution in [0.3, 0.4) is 0 Å². The van der Waals surface area contributed by atoms with Gasteiger partial charge in [-0.2, -0.15) is 0 Å². The highest BCUT2D eigenvalue weighted by atomic mass is 16.2. The van der Waals surface area contributed by atoms with Crippen LogP contribution in [-0.4, -0.2) is 51.9 Å². The highest BCUT2D eigenvalue weighted by molar-refractivity contribution is 5.93. The maximum Gasteiger partial charge on any atom is 0.257 e. The van der Waals surface area contributed by atoms with Crippen LogP contribution in [0.1, 0.15) is 21.5 Å². The zero-order valence-electron chi connectivity index (χ0n) is 16.5. The first-order chi connectivity index (χ1) is 14.2. The van der Waals surface area contributed by atoms with E-state index in [1.54, 1.807) is 18.6 Å². The van der Waals surface area contributed by atoms with Crippen molar-refractivity contribution in [2.24, 2.45) is 0 Å². The van der Waals surface area contributed by atoms with Gasteiger partial charge in [-0.05, 0) is 24.6 Å². The molecule has 1 aliphatic rings. The summed E-state index contributed by atoms with van der Waals surface area (Å²) < 4.78 is 0. The summed E-state index contributed by atoms with van der Waals surface area (Å²) in [4.78, 5) is 29.8. The molecule has 0 atom stereocenters. The lowest BCUT2D eigenvalue weighted by Crippen LogP contribution is -2.49. The lowest BCUT2D eigenvalue weighted by Gasteiger charge is -2.35. The molecule has 1 N–H and O–H groups in total. The third-order valence-corrected chi connectivity index (χ3v) is 4.97. The van der Waals surface area contributed by atoms with E-state index in [1.807, 2.05) is 29.2 Å². The van der Waals surface area contributed by atoms with Crippen molar-refractivity contribution in [1.29, 1.82) is 0 Å². The number of nitrogens with one attached hydrogen (secondary N) is 1. The maximum atomic E-state index is 12.8. The second-order valence-corrected chi connectivity index (χ2v) is 7.11. The molecule has 0 radical (unpaired) electrons. The predicted molar refractivity (Wildman–Crippen MR) is 113 cm³/mol. The Kier molecular flexibility index (Phi) is 5.65. The van der Waals surface area contributed by atoms with Gasteiger partial charge in [0.1, 0.15) is 5.82 Å². The molecule has 0 aliphatic carbocycles. The summed E-state index contributed by atoms with van der Waals surface area (Å²) in [6, 6.07) is 14.2. The molecule has 148 valence electrons. The number of piperazine rings is 1. The number of carbonyl (C=O) groups is 1. The van der Waals surface area contributed by atoms with Crippen molar-refractivity contribution in [2.75, 3.05) is 36.4 Å². The maximum absolute atomic E-state index is 12.8. The zero-order chi connectivity index (χ0) is 20.1. The normalized spacial score (nSPS) is 14.0. The van der Waals surface area contributed by atoms with Crippen molar-refractivity contribution in [3.8, 4) is 0 Å². The summed E-state index contributed by atoms with van der Waals surface area (Å²) in [6.45, 7) is 5.55. The Morgan fingerprint density at radius 3 is 2.48 bits per heavy atom. The van der Waals surface area contributed by atoms with Crippen LogP contribution in [0, 0.1) is 6.92 Å².